The molecule has 2 rings (SSSR count). The minimum Gasteiger partial charge on any atom is -0.463 e. The zero-order valence-electron chi connectivity index (χ0n) is 12.3. The van der Waals surface area contributed by atoms with Crippen molar-refractivity contribution in [2.75, 3.05) is 13.2 Å². The number of ether oxygens (including phenoxy) is 2. The molecule has 0 radical (unpaired) electrons. The second-order valence-corrected chi connectivity index (χ2v) is 5.41. The molecule has 0 aromatic heterocycles. The number of unbranched alkanes of at least 4 members (excludes halogenated alkanes) is 1. The molecule has 0 N–H and O–H groups in total. The molecule has 1 atom stereocenters. The van der Waals surface area contributed by atoms with Crippen LogP contribution < -0.4 is 0 Å². The van der Waals surface area contributed by atoms with Crippen molar-refractivity contribution < 1.29 is 14.3 Å². The Morgan fingerprint density at radius 3 is 2.70 bits per heavy atom. The fraction of sp³-hybridized carbons (Fsp3) is 0.588. The van der Waals surface area contributed by atoms with Gasteiger partial charge in [0.15, 0.2) is 0 Å². The summed E-state index contributed by atoms with van der Waals surface area (Å²) < 4.78 is 10.7. The molecular weight excluding hydrogens is 252 g/mol. The molecule has 1 fully saturated rings. The largest absolute Gasteiger partial charge is 0.463 e. The van der Waals surface area contributed by atoms with Crippen molar-refractivity contribution in [1.29, 1.82) is 0 Å². The maximum Gasteiger partial charge on any atom is 0.310 e. The van der Waals surface area contributed by atoms with Gasteiger partial charge in [0.1, 0.15) is 6.61 Å². The highest BCUT2D eigenvalue weighted by atomic mass is 16.6. The van der Waals surface area contributed by atoms with Gasteiger partial charge in [-0.15, -0.1) is 0 Å². The molecule has 1 unspecified atom stereocenters. The van der Waals surface area contributed by atoms with Crippen LogP contribution in [0.25, 0.3) is 0 Å². The maximum atomic E-state index is 11.7. The van der Waals surface area contributed by atoms with E-state index < -0.39 is 0 Å². The Labute approximate surface area is 121 Å². The second kappa shape index (κ2) is 8.05. The van der Waals surface area contributed by atoms with Gasteiger partial charge >= 0.3 is 5.97 Å². The van der Waals surface area contributed by atoms with Crippen molar-refractivity contribution in [2.24, 2.45) is 0 Å². The van der Waals surface area contributed by atoms with E-state index in [1.165, 1.54) is 18.4 Å². The highest BCUT2D eigenvalue weighted by Gasteiger charge is 2.17. The summed E-state index contributed by atoms with van der Waals surface area (Å²) in [4.78, 5) is 11.7. The Morgan fingerprint density at radius 1 is 1.30 bits per heavy atom. The monoisotopic (exact) mass is 276 g/mol. The van der Waals surface area contributed by atoms with Crippen LogP contribution in [-0.4, -0.2) is 25.3 Å². The first-order valence-electron chi connectivity index (χ1n) is 7.63. The standard InChI is InChI=1S/C17H24O3/c1-2-3-5-14-7-9-15(10-8-14)12-17(18)20-13-16-6-4-11-19-16/h7-10,16H,2-6,11-13H2,1H3. The topological polar surface area (TPSA) is 35.5 Å². The summed E-state index contributed by atoms with van der Waals surface area (Å²) in [6, 6.07) is 8.27. The summed E-state index contributed by atoms with van der Waals surface area (Å²) in [5.41, 5.74) is 2.35. The van der Waals surface area contributed by atoms with Crippen LogP contribution >= 0.6 is 0 Å². The zero-order valence-corrected chi connectivity index (χ0v) is 12.3. The third kappa shape index (κ3) is 4.97. The molecule has 0 bridgehead atoms. The van der Waals surface area contributed by atoms with Crippen molar-refractivity contribution >= 4 is 5.97 Å². The minimum atomic E-state index is -0.165. The molecule has 3 heteroatoms. The van der Waals surface area contributed by atoms with Crippen molar-refractivity contribution in [1.82, 2.24) is 0 Å². The van der Waals surface area contributed by atoms with Gasteiger partial charge in [0.05, 0.1) is 12.5 Å². The van der Waals surface area contributed by atoms with E-state index in [1.807, 2.05) is 12.1 Å². The Hall–Kier alpha value is -1.35. The molecule has 1 aromatic rings. The molecule has 0 aliphatic carbocycles. The molecule has 1 heterocycles. The summed E-state index contributed by atoms with van der Waals surface area (Å²) in [6.45, 7) is 3.38. The summed E-state index contributed by atoms with van der Waals surface area (Å²) in [5.74, 6) is -0.165. The number of hydrogen-bond acceptors (Lipinski definition) is 3. The normalized spacial score (nSPS) is 18.1. The summed E-state index contributed by atoms with van der Waals surface area (Å²) in [5, 5.41) is 0. The molecule has 0 saturated carbocycles. The Balaban J connectivity index is 1.72. The van der Waals surface area contributed by atoms with Gasteiger partial charge in [0.2, 0.25) is 0 Å². The van der Waals surface area contributed by atoms with Gasteiger partial charge in [0.25, 0.3) is 0 Å². The molecule has 20 heavy (non-hydrogen) atoms. The van der Waals surface area contributed by atoms with E-state index in [1.54, 1.807) is 0 Å². The number of hydrogen-bond donors (Lipinski definition) is 0. The van der Waals surface area contributed by atoms with Crippen molar-refractivity contribution in [2.45, 2.75) is 51.6 Å². The van der Waals surface area contributed by atoms with Crippen molar-refractivity contribution in [3.05, 3.63) is 35.4 Å². The quantitative estimate of drug-likeness (QED) is 0.717. The van der Waals surface area contributed by atoms with Crippen LogP contribution in [0.15, 0.2) is 24.3 Å². The van der Waals surface area contributed by atoms with Crippen LogP contribution in [-0.2, 0) is 27.1 Å². The van der Waals surface area contributed by atoms with E-state index in [9.17, 15) is 4.79 Å². The second-order valence-electron chi connectivity index (χ2n) is 5.41. The van der Waals surface area contributed by atoms with Crippen LogP contribution in [0, 0.1) is 0 Å². The molecule has 1 saturated heterocycles. The maximum absolute atomic E-state index is 11.7. The molecule has 0 amide bonds. The zero-order chi connectivity index (χ0) is 14.2. The van der Waals surface area contributed by atoms with Crippen molar-refractivity contribution in [3.63, 3.8) is 0 Å². The lowest BCUT2D eigenvalue weighted by Gasteiger charge is -2.10. The van der Waals surface area contributed by atoms with Gasteiger partial charge in [-0.3, -0.25) is 4.79 Å². The van der Waals surface area contributed by atoms with E-state index in [0.29, 0.717) is 13.0 Å². The minimum absolute atomic E-state index is 0.107. The van der Waals surface area contributed by atoms with E-state index >= 15 is 0 Å². The molecule has 3 nitrogen and oxygen atoms in total. The van der Waals surface area contributed by atoms with Gasteiger partial charge < -0.3 is 9.47 Å². The fourth-order valence-electron chi connectivity index (χ4n) is 2.38. The molecule has 110 valence electrons. The van der Waals surface area contributed by atoms with Crippen molar-refractivity contribution in [3.8, 4) is 0 Å². The van der Waals surface area contributed by atoms with Gasteiger partial charge in [-0.1, -0.05) is 37.6 Å². The molecule has 1 aliphatic heterocycles. The highest BCUT2D eigenvalue weighted by molar-refractivity contribution is 5.72. The van der Waals surface area contributed by atoms with Crippen LogP contribution in [0.2, 0.25) is 0 Å². The smallest absolute Gasteiger partial charge is 0.310 e. The summed E-state index contributed by atoms with van der Waals surface area (Å²) in [6.07, 6.45) is 6.05. The predicted molar refractivity (Wildman–Crippen MR) is 78.7 cm³/mol. The van der Waals surface area contributed by atoms with Gasteiger partial charge in [-0.25, -0.2) is 0 Å². The number of aryl methyl sites for hydroxylation is 1. The van der Waals surface area contributed by atoms with E-state index in [4.69, 9.17) is 9.47 Å². The molecule has 0 spiro atoms. The number of carbonyl (C=O) groups is 1. The van der Waals surface area contributed by atoms with Gasteiger partial charge in [-0.2, -0.15) is 0 Å². The summed E-state index contributed by atoms with van der Waals surface area (Å²) >= 11 is 0. The van der Waals surface area contributed by atoms with Crippen LogP contribution in [0.3, 0.4) is 0 Å². The molecule has 1 aromatic carbocycles. The number of esters is 1. The number of rotatable bonds is 7. The molecular formula is C17H24O3. The SMILES string of the molecule is CCCCc1ccc(CC(=O)OCC2CCCO2)cc1. The van der Waals surface area contributed by atoms with Gasteiger partial charge in [-0.05, 0) is 36.8 Å². The average molecular weight is 276 g/mol. The number of carbonyl (C=O) groups excluding carboxylic acids is 1. The highest BCUT2D eigenvalue weighted by Crippen LogP contribution is 2.13. The first-order chi connectivity index (χ1) is 9.78. The Bertz CT molecular complexity index is 405. The predicted octanol–water partition coefficient (Wildman–Crippen LogP) is 3.29. The number of benzene rings is 1. The van der Waals surface area contributed by atoms with Crippen LogP contribution in [0.5, 0.6) is 0 Å². The van der Waals surface area contributed by atoms with E-state index in [0.717, 1.165) is 31.4 Å². The van der Waals surface area contributed by atoms with E-state index in [-0.39, 0.29) is 12.1 Å². The van der Waals surface area contributed by atoms with E-state index in [2.05, 4.69) is 19.1 Å². The third-order valence-corrected chi connectivity index (χ3v) is 3.64. The van der Waals surface area contributed by atoms with Gasteiger partial charge in [0, 0.05) is 6.61 Å². The first-order valence-corrected chi connectivity index (χ1v) is 7.63. The lowest BCUT2D eigenvalue weighted by Crippen LogP contribution is -2.18. The van der Waals surface area contributed by atoms with Crippen LogP contribution in [0.4, 0.5) is 0 Å². The molecule has 1 aliphatic rings. The Kier molecular flexibility index (Phi) is 6.06. The lowest BCUT2D eigenvalue weighted by atomic mass is 10.1. The average Bonchev–Trinajstić information content (AvgIpc) is 2.98. The third-order valence-electron chi connectivity index (χ3n) is 3.64. The summed E-state index contributed by atoms with van der Waals surface area (Å²) in [7, 11) is 0. The fourth-order valence-corrected chi connectivity index (χ4v) is 2.38. The van der Waals surface area contributed by atoms with Crippen LogP contribution in [0.1, 0.15) is 43.7 Å². The lowest BCUT2D eigenvalue weighted by molar-refractivity contribution is -0.146. The Morgan fingerprint density at radius 2 is 2.05 bits per heavy atom. The first kappa shape index (κ1) is 15.0.